The number of anilines is 1. The molecular formula is C56H58N2Na5O17S5+. The van der Waals surface area contributed by atoms with Crippen molar-refractivity contribution < 1.29 is 226 Å². The molecule has 19 nitrogen and oxygen atoms in total. The summed E-state index contributed by atoms with van der Waals surface area (Å²) < 4.78 is 163. The fourth-order valence-corrected chi connectivity index (χ4v) is 11.9. The van der Waals surface area contributed by atoms with Crippen LogP contribution in [0.2, 0.25) is 0 Å². The maximum atomic E-state index is 13.4. The average Bonchev–Trinajstić information content (AvgIpc) is 2.52. The van der Waals surface area contributed by atoms with E-state index in [1.54, 1.807) is 49.6 Å². The van der Waals surface area contributed by atoms with Gasteiger partial charge in [-0.15, -0.1) is 31.3 Å². The van der Waals surface area contributed by atoms with Gasteiger partial charge in [0, 0.05) is 77.0 Å². The predicted molar refractivity (Wildman–Crippen MR) is 297 cm³/mol. The molecular weight excluding hydrogens is 1250 g/mol. The van der Waals surface area contributed by atoms with Crippen molar-refractivity contribution in [2.24, 2.45) is 0 Å². The van der Waals surface area contributed by atoms with Gasteiger partial charge in [-0.25, -0.2) is 43.5 Å². The Labute approximate surface area is 611 Å². The van der Waals surface area contributed by atoms with Crippen molar-refractivity contribution in [1.82, 2.24) is 0 Å². The van der Waals surface area contributed by atoms with Crippen LogP contribution in [0.1, 0.15) is 120 Å². The van der Waals surface area contributed by atoms with E-state index in [-0.39, 0.29) is 183 Å². The standard InChI is InChI=1S/C56H61N2O11S3.5Na.2O3S/c1-8-9-32-57-46-28-24-40-16-13-14-17-43(40)53(46)55(4,5)51(57)30-25-39(38-20-22-41(23-21-38)49(60)19-12-10-11-18-48(59)37(2)3)26-31-52-56(6,7)54-45-35-42(71(64,65)66)36-50(72(67,68)69)44(45)27-29-47(54)58(52)33-15-34-70(61,62)63;;;;;;2*1-4(2)3/h13,17,20-31,35-36H,2,8-12,15,18-19,32-34H2,1,3-7H3,(H,61,62,63)(H,64,65,66)(H,67,68,69);;;;;;;/q-1;5*+1;;/p-3. The summed E-state index contributed by atoms with van der Waals surface area (Å²) in [5.41, 5.74) is 5.45. The Hall–Kier alpha value is -1.64. The molecule has 2 heterocycles. The van der Waals surface area contributed by atoms with Gasteiger partial charge in [-0.3, -0.25) is 27.1 Å². The Morgan fingerprint density at radius 3 is 1.85 bits per heavy atom. The third-order valence-electron chi connectivity index (χ3n) is 13.7. The Kier molecular flexibility index (Phi) is 35.1. The van der Waals surface area contributed by atoms with Gasteiger partial charge in [0.2, 0.25) is 5.69 Å². The molecule has 0 radical (unpaired) electrons. The Morgan fingerprint density at radius 2 is 1.29 bits per heavy atom. The van der Waals surface area contributed by atoms with Gasteiger partial charge >= 0.3 is 169 Å². The second kappa shape index (κ2) is 35.8. The van der Waals surface area contributed by atoms with Crippen LogP contribution in [0.5, 0.6) is 0 Å². The summed E-state index contributed by atoms with van der Waals surface area (Å²) in [5.74, 6) is -0.725. The Bertz CT molecular complexity index is 3980. The van der Waals surface area contributed by atoms with Crippen LogP contribution in [0.3, 0.4) is 0 Å². The van der Waals surface area contributed by atoms with E-state index in [1.807, 2.05) is 36.4 Å². The normalized spacial score (nSPS) is 14.4. The molecule has 0 aromatic heterocycles. The fraction of sp³-hybridized carbons (Fsp3) is 0.339. The molecule has 0 spiro atoms. The molecule has 0 atom stereocenters. The van der Waals surface area contributed by atoms with Gasteiger partial charge < -0.3 is 18.6 Å². The molecule has 0 saturated heterocycles. The summed E-state index contributed by atoms with van der Waals surface area (Å²) in [5, 5.41) is 1.94. The molecule has 0 amide bonds. The zero-order chi connectivity index (χ0) is 59.7. The number of hydrogen-bond donors (Lipinski definition) is 0. The molecule has 0 saturated carbocycles. The smallest absolute Gasteiger partial charge is 0.748 e. The van der Waals surface area contributed by atoms with Gasteiger partial charge in [-0.1, -0.05) is 76.1 Å². The quantitative estimate of drug-likeness (QED) is 0.00963. The first-order valence-corrected chi connectivity index (χ1v) is 31.3. The number of carbonyl (C=O) groups excluding carboxylic acids is 2. The minimum atomic E-state index is -5.30. The van der Waals surface area contributed by atoms with E-state index in [4.69, 9.17) is 25.3 Å². The minimum Gasteiger partial charge on any atom is -0.748 e. The molecule has 2 aliphatic heterocycles. The van der Waals surface area contributed by atoms with Gasteiger partial charge in [-0.2, -0.15) is 9.96 Å². The fourth-order valence-electron chi connectivity index (χ4n) is 10.1. The van der Waals surface area contributed by atoms with E-state index in [1.165, 1.54) is 6.07 Å². The molecule has 2 aliphatic rings. The number of benzene rings is 5. The van der Waals surface area contributed by atoms with E-state index >= 15 is 0 Å². The number of unbranched alkanes of at least 4 members (excludes halogenated alkanes) is 3. The molecule has 5 aromatic rings. The van der Waals surface area contributed by atoms with E-state index in [0.717, 1.165) is 58.7 Å². The Morgan fingerprint density at radius 1 is 0.706 bits per heavy atom. The van der Waals surface area contributed by atoms with Crippen LogP contribution >= 0.6 is 0 Å². The third kappa shape index (κ3) is 22.3. The largest absolute Gasteiger partial charge is 1.00 e. The molecule has 7 rings (SSSR count). The van der Waals surface area contributed by atoms with Crippen molar-refractivity contribution in [2.45, 2.75) is 114 Å². The number of Topliss-reactive ketones (excluding diaryl/α,β-unsaturated/α-hetero) is 2. The van der Waals surface area contributed by atoms with Gasteiger partial charge in [0.05, 0.1) is 25.3 Å². The first-order chi connectivity index (χ1) is 37.2. The van der Waals surface area contributed by atoms with E-state index < -0.39 is 77.9 Å². The second-order valence-corrected chi connectivity index (χ2v) is 25.1. The van der Waals surface area contributed by atoms with Crippen LogP contribution in [0.15, 0.2) is 125 Å². The predicted octanol–water partition coefficient (Wildman–Crippen LogP) is -6.88. The van der Waals surface area contributed by atoms with E-state index in [9.17, 15) is 48.5 Å². The average molecular weight is 1310 g/mol. The summed E-state index contributed by atoms with van der Waals surface area (Å²) in [4.78, 5) is 26.0. The van der Waals surface area contributed by atoms with E-state index in [0.29, 0.717) is 71.8 Å². The minimum absolute atomic E-state index is 0. The maximum Gasteiger partial charge on any atom is 1.00 e. The van der Waals surface area contributed by atoms with Crippen molar-refractivity contribution in [3.63, 3.8) is 0 Å². The molecule has 428 valence electrons. The van der Waals surface area contributed by atoms with Gasteiger partial charge in [0.1, 0.15) is 26.8 Å². The Balaban J connectivity index is 0.00000510. The maximum absolute atomic E-state index is 13.4. The zero-order valence-corrected chi connectivity index (χ0v) is 63.7. The molecule has 29 heteroatoms. The number of ketones is 2. The van der Waals surface area contributed by atoms with E-state index in [2.05, 4.69) is 62.6 Å². The number of nitrogens with zero attached hydrogens (tertiary/aromatic N) is 2. The summed E-state index contributed by atoms with van der Waals surface area (Å²) in [6, 6.07) is 26.3. The summed E-state index contributed by atoms with van der Waals surface area (Å²) in [6.07, 6.45) is 12.2. The molecule has 0 fully saturated rings. The molecule has 0 N–H and O–H groups in total. The van der Waals surface area contributed by atoms with Crippen LogP contribution in [0.25, 0.3) is 27.1 Å². The monoisotopic (exact) mass is 1310 g/mol. The van der Waals surface area contributed by atoms with Crippen molar-refractivity contribution in [3.8, 4) is 0 Å². The van der Waals surface area contributed by atoms with Crippen LogP contribution in [0, 0.1) is 12.1 Å². The number of hydrogen-bond acceptors (Lipinski definition) is 18. The summed E-state index contributed by atoms with van der Waals surface area (Å²) in [6.45, 7) is 16.2. The second-order valence-electron chi connectivity index (χ2n) is 20.0. The molecule has 0 unspecified atom stereocenters. The van der Waals surface area contributed by atoms with Crippen molar-refractivity contribution in [3.05, 3.63) is 149 Å². The SMILES string of the molecule is C=C(C)C(=O)CCCCCC(=O)c1ccc(C(C=CC2=[N+](CCCS(=O)(=O)[O-])c3ccc4c(S(=O)(=O)[O-])cc(S(=O)(=O)[O-])cc4c3C2(C)C)=CC=C2N(CCCC)c3ccc4[c-]c[c-]cc4c3C2(C)C)cc1.O=S(=O)=O.O=S(=O)=O.[Na+].[Na+].[Na+].[Na+].[Na+]. The third-order valence-corrected chi connectivity index (χ3v) is 16.2. The molecule has 0 bridgehead atoms. The van der Waals surface area contributed by atoms with Crippen LogP contribution < -0.4 is 153 Å². The summed E-state index contributed by atoms with van der Waals surface area (Å²) in [7, 11) is -21.4. The number of fused-ring (bicyclic) bond motifs is 6. The first-order valence-electron chi connectivity index (χ1n) is 24.9. The molecule has 0 aliphatic carbocycles. The van der Waals surface area contributed by atoms with Crippen LogP contribution in [-0.2, 0) is 67.2 Å². The van der Waals surface area contributed by atoms with Crippen LogP contribution in [0.4, 0.5) is 11.4 Å². The van der Waals surface area contributed by atoms with Gasteiger partial charge in [0.25, 0.3) is 0 Å². The van der Waals surface area contributed by atoms with Crippen LogP contribution in [-0.4, -0.2) is 105 Å². The molecule has 85 heavy (non-hydrogen) atoms. The summed E-state index contributed by atoms with van der Waals surface area (Å²) >= 11 is 0. The number of allylic oxidation sites excluding steroid dienone is 7. The van der Waals surface area contributed by atoms with Gasteiger partial charge in [-0.05, 0) is 92.5 Å². The number of carbonyl (C=O) groups is 2. The topological polar surface area (TPSA) is 314 Å². The number of rotatable bonds is 21. The zero-order valence-electron chi connectivity index (χ0n) is 49.6. The van der Waals surface area contributed by atoms with Crippen molar-refractivity contribution in [2.75, 3.05) is 23.7 Å². The molecule has 5 aromatic carbocycles. The van der Waals surface area contributed by atoms with Gasteiger partial charge in [0.15, 0.2) is 17.3 Å². The van der Waals surface area contributed by atoms with Crippen molar-refractivity contribution in [1.29, 1.82) is 0 Å². The van der Waals surface area contributed by atoms with Crippen molar-refractivity contribution >= 4 is 107 Å². The first kappa shape index (κ1) is 83.4.